The molecule has 0 aliphatic heterocycles. The molecule has 1 N–H and O–H groups in total. The highest BCUT2D eigenvalue weighted by Gasteiger charge is 2.08. The molecule has 0 radical (unpaired) electrons. The first-order valence-electron chi connectivity index (χ1n) is 3.88. The molecule has 0 aromatic heterocycles. The van der Waals surface area contributed by atoms with Crippen LogP contribution in [0.5, 0.6) is 0 Å². The predicted octanol–water partition coefficient (Wildman–Crippen LogP) is 2.36. The third kappa shape index (κ3) is 2.50. The Bertz CT molecular complexity index is 110. The van der Waals surface area contributed by atoms with Crippen molar-refractivity contribution >= 4 is 0 Å². The van der Waals surface area contributed by atoms with Crippen molar-refractivity contribution in [1.82, 2.24) is 0 Å². The fraction of sp³-hybridized carbons (Fsp3) is 0.750. The maximum atomic E-state index is 8.38. The molecule has 0 amide bonds. The highest BCUT2D eigenvalue weighted by molar-refractivity contribution is 4.84. The zero-order chi connectivity index (χ0) is 7.23. The summed E-state index contributed by atoms with van der Waals surface area (Å²) in [5.41, 5.74) is 0. The molecule has 1 atom stereocenters. The van der Waals surface area contributed by atoms with Crippen LogP contribution >= 0.6 is 0 Å². The maximum absolute atomic E-state index is 8.38. The summed E-state index contributed by atoms with van der Waals surface area (Å²) in [5, 5.41) is 8.38. The van der Waals surface area contributed by atoms with Crippen LogP contribution in [0.2, 0.25) is 0 Å². The van der Waals surface area contributed by atoms with Crippen molar-refractivity contribution < 1.29 is 10.1 Å². The van der Waals surface area contributed by atoms with E-state index in [0.717, 1.165) is 32.1 Å². The van der Waals surface area contributed by atoms with E-state index in [1.807, 2.05) is 0 Å². The Morgan fingerprint density at radius 3 is 2.80 bits per heavy atom. The van der Waals surface area contributed by atoms with Crippen LogP contribution in [-0.2, 0) is 4.89 Å². The lowest BCUT2D eigenvalue weighted by Gasteiger charge is -2.12. The molecular formula is C8H14O2. The van der Waals surface area contributed by atoms with Crippen molar-refractivity contribution in [2.45, 2.75) is 38.2 Å². The highest BCUT2D eigenvalue weighted by atomic mass is 17.1. The maximum Gasteiger partial charge on any atom is 0.0930 e. The van der Waals surface area contributed by atoms with Crippen molar-refractivity contribution in [3.05, 3.63) is 12.2 Å². The molecule has 0 spiro atoms. The molecule has 58 valence electrons. The monoisotopic (exact) mass is 142 g/mol. The zero-order valence-corrected chi connectivity index (χ0v) is 6.12. The Hall–Kier alpha value is -0.340. The summed E-state index contributed by atoms with van der Waals surface area (Å²) >= 11 is 0. The Morgan fingerprint density at radius 1 is 1.20 bits per heavy atom. The van der Waals surface area contributed by atoms with Gasteiger partial charge < -0.3 is 0 Å². The first-order chi connectivity index (χ1) is 4.93. The van der Waals surface area contributed by atoms with Crippen LogP contribution in [0.25, 0.3) is 0 Å². The molecule has 1 unspecified atom stereocenters. The summed E-state index contributed by atoms with van der Waals surface area (Å²) in [5.74, 6) is 0. The summed E-state index contributed by atoms with van der Waals surface area (Å²) in [6.45, 7) is 0. The van der Waals surface area contributed by atoms with Gasteiger partial charge in [-0.15, -0.1) is 0 Å². The van der Waals surface area contributed by atoms with Crippen LogP contribution in [-0.4, -0.2) is 11.4 Å². The molecular weight excluding hydrogens is 128 g/mol. The summed E-state index contributed by atoms with van der Waals surface area (Å²) < 4.78 is 0. The summed E-state index contributed by atoms with van der Waals surface area (Å²) in [7, 11) is 0. The summed E-state index contributed by atoms with van der Waals surface area (Å²) in [6, 6.07) is 0. The van der Waals surface area contributed by atoms with Crippen molar-refractivity contribution in [3.8, 4) is 0 Å². The van der Waals surface area contributed by atoms with Crippen LogP contribution in [0.3, 0.4) is 0 Å². The van der Waals surface area contributed by atoms with Gasteiger partial charge in [-0.1, -0.05) is 12.2 Å². The van der Waals surface area contributed by atoms with Crippen LogP contribution in [0.1, 0.15) is 32.1 Å². The molecule has 10 heavy (non-hydrogen) atoms. The second-order valence-electron chi connectivity index (χ2n) is 2.71. The van der Waals surface area contributed by atoms with E-state index in [4.69, 9.17) is 5.26 Å². The lowest BCUT2D eigenvalue weighted by Crippen LogP contribution is -2.10. The highest BCUT2D eigenvalue weighted by Crippen LogP contribution is 2.13. The van der Waals surface area contributed by atoms with Gasteiger partial charge >= 0.3 is 0 Å². The van der Waals surface area contributed by atoms with E-state index in [1.165, 1.54) is 0 Å². The van der Waals surface area contributed by atoms with Gasteiger partial charge in [-0.05, 0) is 32.1 Å². The first-order valence-corrected chi connectivity index (χ1v) is 3.88. The van der Waals surface area contributed by atoms with Gasteiger partial charge in [0.05, 0.1) is 6.10 Å². The SMILES string of the molecule is OOC1CCC=CCCC1. The summed E-state index contributed by atoms with van der Waals surface area (Å²) in [6.07, 6.45) is 9.66. The van der Waals surface area contributed by atoms with E-state index in [1.54, 1.807) is 0 Å². The van der Waals surface area contributed by atoms with E-state index < -0.39 is 0 Å². The molecule has 1 aliphatic rings. The molecule has 0 aromatic carbocycles. The predicted molar refractivity (Wildman–Crippen MR) is 39.7 cm³/mol. The summed E-state index contributed by atoms with van der Waals surface area (Å²) in [4.78, 5) is 4.29. The van der Waals surface area contributed by atoms with Gasteiger partial charge in [-0.2, -0.15) is 0 Å². The molecule has 0 heterocycles. The second kappa shape index (κ2) is 4.47. The number of hydrogen-bond acceptors (Lipinski definition) is 2. The van der Waals surface area contributed by atoms with Crippen molar-refractivity contribution in [3.63, 3.8) is 0 Å². The van der Waals surface area contributed by atoms with E-state index in [0.29, 0.717) is 0 Å². The average Bonchev–Trinajstić information content (AvgIpc) is 1.87. The Labute approximate surface area is 61.4 Å². The Kier molecular flexibility index (Phi) is 3.47. The van der Waals surface area contributed by atoms with Gasteiger partial charge in [-0.3, -0.25) is 5.26 Å². The van der Waals surface area contributed by atoms with Crippen molar-refractivity contribution in [2.24, 2.45) is 0 Å². The van der Waals surface area contributed by atoms with Gasteiger partial charge in [0.25, 0.3) is 0 Å². The number of allylic oxidation sites excluding steroid dienone is 2. The first kappa shape index (κ1) is 7.76. The molecule has 0 aromatic rings. The quantitative estimate of drug-likeness (QED) is 0.346. The molecule has 0 bridgehead atoms. The van der Waals surface area contributed by atoms with Crippen LogP contribution in [0, 0.1) is 0 Å². The largest absolute Gasteiger partial charge is 0.252 e. The minimum atomic E-state index is 0.0740. The Morgan fingerprint density at radius 2 is 2.00 bits per heavy atom. The van der Waals surface area contributed by atoms with Crippen molar-refractivity contribution in [1.29, 1.82) is 0 Å². The third-order valence-corrected chi connectivity index (χ3v) is 1.87. The van der Waals surface area contributed by atoms with E-state index in [2.05, 4.69) is 17.0 Å². The second-order valence-corrected chi connectivity index (χ2v) is 2.71. The van der Waals surface area contributed by atoms with E-state index in [9.17, 15) is 0 Å². The van der Waals surface area contributed by atoms with Crippen molar-refractivity contribution in [2.75, 3.05) is 0 Å². The standard InChI is InChI=1S/C8H14O2/c9-10-8-6-4-2-1-3-5-7-8/h1-2,8-9H,3-7H2. The van der Waals surface area contributed by atoms with Gasteiger partial charge in [0.1, 0.15) is 0 Å². The average molecular weight is 142 g/mol. The van der Waals surface area contributed by atoms with Gasteiger partial charge in [0, 0.05) is 0 Å². The minimum absolute atomic E-state index is 0.0740. The molecule has 1 aliphatic carbocycles. The molecule has 2 heteroatoms. The van der Waals surface area contributed by atoms with Gasteiger partial charge in [-0.25, -0.2) is 4.89 Å². The molecule has 0 saturated heterocycles. The lowest BCUT2D eigenvalue weighted by atomic mass is 10.0. The molecule has 0 saturated carbocycles. The van der Waals surface area contributed by atoms with Gasteiger partial charge in [0.15, 0.2) is 0 Å². The minimum Gasteiger partial charge on any atom is -0.252 e. The normalized spacial score (nSPS) is 27.5. The van der Waals surface area contributed by atoms with Crippen LogP contribution in [0.15, 0.2) is 12.2 Å². The Balaban J connectivity index is 2.27. The van der Waals surface area contributed by atoms with Crippen LogP contribution in [0.4, 0.5) is 0 Å². The number of rotatable bonds is 1. The van der Waals surface area contributed by atoms with E-state index in [-0.39, 0.29) is 6.10 Å². The lowest BCUT2D eigenvalue weighted by molar-refractivity contribution is -0.281. The fourth-order valence-electron chi connectivity index (χ4n) is 1.23. The van der Waals surface area contributed by atoms with Gasteiger partial charge in [0.2, 0.25) is 0 Å². The molecule has 0 fully saturated rings. The fourth-order valence-corrected chi connectivity index (χ4v) is 1.23. The molecule has 2 nitrogen and oxygen atoms in total. The number of hydrogen-bond donors (Lipinski definition) is 1. The topological polar surface area (TPSA) is 29.5 Å². The molecule has 1 rings (SSSR count). The third-order valence-electron chi connectivity index (χ3n) is 1.87. The van der Waals surface area contributed by atoms with E-state index >= 15 is 0 Å². The smallest absolute Gasteiger partial charge is 0.0930 e. The van der Waals surface area contributed by atoms with Crippen LogP contribution < -0.4 is 0 Å². The zero-order valence-electron chi connectivity index (χ0n) is 6.12.